The summed E-state index contributed by atoms with van der Waals surface area (Å²) in [6.45, 7) is 0.810. The largest absolute Gasteiger partial charge is 0.337 e. The second-order valence-electron chi connectivity index (χ2n) is 3.09. The average molecular weight is 291 g/mol. The first-order chi connectivity index (χ1) is 6.29. The maximum absolute atomic E-state index is 11.4. The van der Waals surface area contributed by atoms with Gasteiger partial charge in [0.15, 0.2) is 0 Å². The van der Waals surface area contributed by atoms with Gasteiger partial charge in [-0.3, -0.25) is 4.79 Å². The van der Waals surface area contributed by atoms with Crippen LogP contribution in [-0.4, -0.2) is 29.3 Å². The van der Waals surface area contributed by atoms with Crippen molar-refractivity contribution in [1.82, 2.24) is 4.90 Å². The summed E-state index contributed by atoms with van der Waals surface area (Å²) in [4.78, 5) is 15.1. The molecule has 1 amide bonds. The van der Waals surface area contributed by atoms with Crippen molar-refractivity contribution in [2.24, 2.45) is 0 Å². The molecule has 1 aliphatic heterocycles. The fourth-order valence-corrected chi connectivity index (χ4v) is 1.63. The SMILES string of the molecule is CI.CN1CC2=CCCC=C2C1=O. The molecule has 0 atom stereocenters. The number of rotatable bonds is 0. The van der Waals surface area contributed by atoms with E-state index in [2.05, 4.69) is 34.7 Å². The maximum atomic E-state index is 11.4. The van der Waals surface area contributed by atoms with E-state index in [0.29, 0.717) is 0 Å². The van der Waals surface area contributed by atoms with E-state index < -0.39 is 0 Å². The molecule has 2 rings (SSSR count). The van der Waals surface area contributed by atoms with Crippen molar-refractivity contribution in [3.8, 4) is 0 Å². The Kier molecular flexibility index (Phi) is 3.96. The highest BCUT2D eigenvalue weighted by Gasteiger charge is 2.27. The zero-order valence-corrected chi connectivity index (χ0v) is 10.2. The van der Waals surface area contributed by atoms with E-state index in [-0.39, 0.29) is 5.91 Å². The molecule has 1 fully saturated rings. The molecule has 0 saturated carbocycles. The molecule has 1 aliphatic carbocycles. The monoisotopic (exact) mass is 291 g/mol. The first-order valence-corrected chi connectivity index (χ1v) is 6.47. The van der Waals surface area contributed by atoms with Crippen LogP contribution in [0.1, 0.15) is 12.8 Å². The summed E-state index contributed by atoms with van der Waals surface area (Å²) in [7, 11) is 1.85. The highest BCUT2D eigenvalue weighted by molar-refractivity contribution is 14.1. The molecule has 0 unspecified atom stereocenters. The van der Waals surface area contributed by atoms with Gasteiger partial charge in [-0.1, -0.05) is 34.7 Å². The second kappa shape index (κ2) is 4.79. The zero-order chi connectivity index (χ0) is 9.84. The predicted octanol–water partition coefficient (Wildman–Crippen LogP) is 2.16. The summed E-state index contributed by atoms with van der Waals surface area (Å²) in [5.74, 6) is 0.191. The Morgan fingerprint density at radius 3 is 2.54 bits per heavy atom. The lowest BCUT2D eigenvalue weighted by molar-refractivity contribution is -0.123. The number of likely N-dealkylation sites (tertiary alicyclic amines) is 1. The summed E-state index contributed by atoms with van der Waals surface area (Å²) in [6.07, 6.45) is 6.36. The number of carbonyl (C=O) groups is 1. The molecule has 1 saturated heterocycles. The van der Waals surface area contributed by atoms with E-state index in [4.69, 9.17) is 0 Å². The van der Waals surface area contributed by atoms with Crippen LogP contribution in [0.25, 0.3) is 0 Å². The van der Waals surface area contributed by atoms with Crippen LogP contribution >= 0.6 is 22.6 Å². The molecule has 2 nitrogen and oxygen atoms in total. The number of allylic oxidation sites excluding steroid dienone is 2. The number of amides is 1. The average Bonchev–Trinajstić information content (AvgIpc) is 2.47. The van der Waals surface area contributed by atoms with Crippen molar-refractivity contribution in [3.63, 3.8) is 0 Å². The number of fused-ring (bicyclic) bond motifs is 1. The standard InChI is InChI=1S/C9H11NO.CH3I/c1-10-6-7-4-2-3-5-8(7)9(10)11;1-2/h4-5H,2-3,6H2,1H3;1H3. The molecule has 0 N–H and O–H groups in total. The van der Waals surface area contributed by atoms with Crippen LogP contribution < -0.4 is 0 Å². The van der Waals surface area contributed by atoms with Gasteiger partial charge in [-0.05, 0) is 23.3 Å². The maximum Gasteiger partial charge on any atom is 0.253 e. The van der Waals surface area contributed by atoms with Gasteiger partial charge in [0, 0.05) is 19.2 Å². The summed E-state index contributed by atoms with van der Waals surface area (Å²) < 4.78 is 0. The van der Waals surface area contributed by atoms with Crippen molar-refractivity contribution in [2.75, 3.05) is 18.5 Å². The molecule has 13 heavy (non-hydrogen) atoms. The van der Waals surface area contributed by atoms with Crippen LogP contribution in [0.3, 0.4) is 0 Å². The molecule has 1 heterocycles. The Morgan fingerprint density at radius 1 is 1.31 bits per heavy atom. The van der Waals surface area contributed by atoms with Gasteiger partial charge < -0.3 is 4.90 Å². The van der Waals surface area contributed by atoms with Crippen molar-refractivity contribution in [2.45, 2.75) is 12.8 Å². The van der Waals surface area contributed by atoms with Gasteiger partial charge in [0.25, 0.3) is 5.91 Å². The number of carbonyl (C=O) groups excluding carboxylic acids is 1. The van der Waals surface area contributed by atoms with E-state index >= 15 is 0 Å². The predicted molar refractivity (Wildman–Crippen MR) is 63.0 cm³/mol. The zero-order valence-electron chi connectivity index (χ0n) is 8.01. The number of likely N-dealkylation sites (N-methyl/N-ethyl adjacent to an activating group) is 1. The molecule has 0 bridgehead atoms. The van der Waals surface area contributed by atoms with Gasteiger partial charge in [0.05, 0.1) is 0 Å². The minimum Gasteiger partial charge on any atom is -0.337 e. The molecule has 72 valence electrons. The van der Waals surface area contributed by atoms with Crippen molar-refractivity contribution in [3.05, 3.63) is 23.3 Å². The van der Waals surface area contributed by atoms with E-state index in [1.165, 1.54) is 5.57 Å². The molecule has 0 spiro atoms. The number of nitrogens with zero attached hydrogens (tertiary/aromatic N) is 1. The Hall–Kier alpha value is -0.320. The number of hydrogen-bond acceptors (Lipinski definition) is 1. The molecule has 0 aromatic rings. The summed E-state index contributed by atoms with van der Waals surface area (Å²) in [5.41, 5.74) is 2.17. The fourth-order valence-electron chi connectivity index (χ4n) is 1.63. The van der Waals surface area contributed by atoms with Crippen LogP contribution in [-0.2, 0) is 4.79 Å². The van der Waals surface area contributed by atoms with Gasteiger partial charge in [-0.15, -0.1) is 0 Å². The van der Waals surface area contributed by atoms with Crippen LogP contribution in [0.4, 0.5) is 0 Å². The lowest BCUT2D eigenvalue weighted by atomic mass is 10.0. The molecule has 0 radical (unpaired) electrons. The van der Waals surface area contributed by atoms with Crippen LogP contribution in [0, 0.1) is 0 Å². The van der Waals surface area contributed by atoms with Crippen LogP contribution in [0.15, 0.2) is 23.3 Å². The van der Waals surface area contributed by atoms with E-state index in [9.17, 15) is 4.79 Å². The summed E-state index contributed by atoms with van der Waals surface area (Å²) in [6, 6.07) is 0. The minimum absolute atomic E-state index is 0.191. The number of hydrogen-bond donors (Lipinski definition) is 0. The Balaban J connectivity index is 0.000000396. The normalized spacial score (nSPS) is 19.9. The first kappa shape index (κ1) is 10.8. The number of alkyl halides is 1. The van der Waals surface area contributed by atoms with Crippen LogP contribution in [0.5, 0.6) is 0 Å². The second-order valence-corrected chi connectivity index (χ2v) is 3.09. The topological polar surface area (TPSA) is 20.3 Å². The molecule has 0 aromatic carbocycles. The molecule has 2 aliphatic rings. The van der Waals surface area contributed by atoms with Gasteiger partial charge in [-0.25, -0.2) is 0 Å². The molecular formula is C10H14INO. The Labute approximate surface area is 92.8 Å². The smallest absolute Gasteiger partial charge is 0.253 e. The van der Waals surface area contributed by atoms with E-state index in [0.717, 1.165) is 25.0 Å². The lowest BCUT2D eigenvalue weighted by Gasteiger charge is -2.03. The van der Waals surface area contributed by atoms with Crippen molar-refractivity contribution < 1.29 is 4.79 Å². The summed E-state index contributed by atoms with van der Waals surface area (Å²) in [5, 5.41) is 0. The van der Waals surface area contributed by atoms with Gasteiger partial charge in [0.2, 0.25) is 0 Å². The number of halogens is 1. The minimum atomic E-state index is 0.191. The Morgan fingerprint density at radius 2 is 1.92 bits per heavy atom. The van der Waals surface area contributed by atoms with E-state index in [1.807, 2.05) is 12.0 Å². The fraction of sp³-hybridized carbons (Fsp3) is 0.500. The Bertz CT molecular complexity index is 268. The van der Waals surface area contributed by atoms with E-state index in [1.54, 1.807) is 4.90 Å². The van der Waals surface area contributed by atoms with Crippen LogP contribution in [0.2, 0.25) is 0 Å². The molecular weight excluding hydrogens is 277 g/mol. The van der Waals surface area contributed by atoms with Gasteiger partial charge in [-0.2, -0.15) is 0 Å². The lowest BCUT2D eigenvalue weighted by Crippen LogP contribution is -2.18. The third kappa shape index (κ3) is 2.13. The third-order valence-electron chi connectivity index (χ3n) is 2.24. The van der Waals surface area contributed by atoms with Gasteiger partial charge >= 0.3 is 0 Å². The third-order valence-corrected chi connectivity index (χ3v) is 2.24. The van der Waals surface area contributed by atoms with Crippen molar-refractivity contribution in [1.29, 1.82) is 0 Å². The van der Waals surface area contributed by atoms with Gasteiger partial charge in [0.1, 0.15) is 0 Å². The molecule has 3 heteroatoms. The van der Waals surface area contributed by atoms with Crippen molar-refractivity contribution >= 4 is 28.5 Å². The summed E-state index contributed by atoms with van der Waals surface area (Å²) >= 11 is 2.15. The highest BCUT2D eigenvalue weighted by atomic mass is 127. The first-order valence-electron chi connectivity index (χ1n) is 4.32. The quantitative estimate of drug-likeness (QED) is 0.495. The molecule has 0 aromatic heterocycles. The highest BCUT2D eigenvalue weighted by Crippen LogP contribution is 2.26.